The molecule has 2 atom stereocenters. The molecule has 124 valence electrons. The van der Waals surface area contributed by atoms with E-state index in [2.05, 4.69) is 43.4 Å². The van der Waals surface area contributed by atoms with Crippen LogP contribution in [0.4, 0.5) is 0 Å². The summed E-state index contributed by atoms with van der Waals surface area (Å²) >= 11 is 0. The number of benzene rings is 2. The lowest BCUT2D eigenvalue weighted by Crippen LogP contribution is -2.23. The van der Waals surface area contributed by atoms with Crippen molar-refractivity contribution in [3.8, 4) is 17.2 Å². The van der Waals surface area contributed by atoms with E-state index >= 15 is 0 Å². The summed E-state index contributed by atoms with van der Waals surface area (Å²) in [5.41, 5.74) is 2.28. The van der Waals surface area contributed by atoms with Crippen molar-refractivity contribution >= 4 is 0 Å². The minimum atomic E-state index is 0.0972. The molecule has 2 unspecified atom stereocenters. The highest BCUT2D eigenvalue weighted by Crippen LogP contribution is 2.42. The number of ether oxygens (including phenoxy) is 3. The molecule has 0 aliphatic rings. The predicted molar refractivity (Wildman–Crippen MR) is 92.5 cm³/mol. The topological polar surface area (TPSA) is 39.7 Å². The Morgan fingerprint density at radius 1 is 0.739 bits per heavy atom. The molecule has 0 aliphatic heterocycles. The van der Waals surface area contributed by atoms with Crippen molar-refractivity contribution in [2.24, 2.45) is 0 Å². The van der Waals surface area contributed by atoms with Crippen molar-refractivity contribution in [2.45, 2.75) is 25.9 Å². The van der Waals surface area contributed by atoms with Crippen LogP contribution in [0.3, 0.4) is 0 Å². The van der Waals surface area contributed by atoms with Crippen molar-refractivity contribution < 1.29 is 14.2 Å². The Bertz CT molecular complexity index is 628. The quantitative estimate of drug-likeness (QED) is 0.834. The molecule has 2 rings (SSSR count). The minimum absolute atomic E-state index is 0.0972. The maximum atomic E-state index is 5.57. The third kappa shape index (κ3) is 3.77. The van der Waals surface area contributed by atoms with Crippen molar-refractivity contribution in [1.29, 1.82) is 0 Å². The largest absolute Gasteiger partial charge is 0.493 e. The van der Waals surface area contributed by atoms with Crippen LogP contribution >= 0.6 is 0 Å². The molecule has 23 heavy (non-hydrogen) atoms. The summed E-state index contributed by atoms with van der Waals surface area (Å²) in [6, 6.07) is 14.6. The number of hydrogen-bond acceptors (Lipinski definition) is 4. The molecule has 0 bridgehead atoms. The van der Waals surface area contributed by atoms with E-state index in [1.165, 1.54) is 5.56 Å². The Hall–Kier alpha value is -2.20. The van der Waals surface area contributed by atoms with Gasteiger partial charge in [-0.05, 0) is 31.5 Å². The fourth-order valence-electron chi connectivity index (χ4n) is 2.77. The van der Waals surface area contributed by atoms with Gasteiger partial charge in [-0.3, -0.25) is 0 Å². The number of nitrogens with one attached hydrogen (secondary N) is 1. The third-order valence-electron chi connectivity index (χ3n) is 4.00. The lowest BCUT2D eigenvalue weighted by molar-refractivity contribution is 0.319. The van der Waals surface area contributed by atoms with Gasteiger partial charge in [0.1, 0.15) is 0 Å². The second-order valence-corrected chi connectivity index (χ2v) is 5.44. The van der Waals surface area contributed by atoms with Gasteiger partial charge in [0, 0.05) is 17.6 Å². The summed E-state index contributed by atoms with van der Waals surface area (Å²) in [6.07, 6.45) is 0. The van der Waals surface area contributed by atoms with Crippen LogP contribution < -0.4 is 19.5 Å². The number of hydrogen-bond donors (Lipinski definition) is 1. The number of methoxy groups -OCH3 is 3. The predicted octanol–water partition coefficient (Wildman–Crippen LogP) is 4.12. The van der Waals surface area contributed by atoms with Crippen LogP contribution in [0, 0.1) is 0 Å². The van der Waals surface area contributed by atoms with Crippen molar-refractivity contribution in [3.05, 3.63) is 53.6 Å². The normalized spacial score (nSPS) is 13.3. The fourth-order valence-corrected chi connectivity index (χ4v) is 2.77. The standard InChI is InChI=1S/C19H25NO3/c1-13(15-9-7-6-8-10-15)20-14(2)16-11-12-17(21-3)19(23-5)18(16)22-4/h6-14,20H,1-5H3. The Balaban J connectivity index is 2.27. The third-order valence-corrected chi connectivity index (χ3v) is 4.00. The minimum Gasteiger partial charge on any atom is -0.493 e. The van der Waals surface area contributed by atoms with Gasteiger partial charge < -0.3 is 19.5 Å². The average Bonchev–Trinajstić information content (AvgIpc) is 2.60. The van der Waals surface area contributed by atoms with Gasteiger partial charge in [0.15, 0.2) is 11.5 Å². The molecule has 0 amide bonds. The van der Waals surface area contributed by atoms with Crippen LogP contribution in [0.25, 0.3) is 0 Å². The van der Waals surface area contributed by atoms with Gasteiger partial charge in [-0.25, -0.2) is 0 Å². The average molecular weight is 315 g/mol. The molecule has 0 fully saturated rings. The Morgan fingerprint density at radius 2 is 1.39 bits per heavy atom. The summed E-state index contributed by atoms with van der Waals surface area (Å²) < 4.78 is 16.4. The highest BCUT2D eigenvalue weighted by molar-refractivity contribution is 5.56. The summed E-state index contributed by atoms with van der Waals surface area (Å²) in [6.45, 7) is 4.27. The maximum absolute atomic E-state index is 5.57. The first kappa shape index (κ1) is 17.2. The fraction of sp³-hybridized carbons (Fsp3) is 0.368. The summed E-state index contributed by atoms with van der Waals surface area (Å²) in [5, 5.41) is 3.60. The molecule has 0 saturated heterocycles. The second-order valence-electron chi connectivity index (χ2n) is 5.44. The van der Waals surface area contributed by atoms with Crippen LogP contribution in [0.5, 0.6) is 17.2 Å². The van der Waals surface area contributed by atoms with Crippen LogP contribution in [-0.4, -0.2) is 21.3 Å². The smallest absolute Gasteiger partial charge is 0.203 e. The first-order chi connectivity index (χ1) is 11.1. The molecule has 4 heteroatoms. The first-order valence-electron chi connectivity index (χ1n) is 7.72. The molecule has 2 aromatic rings. The van der Waals surface area contributed by atoms with E-state index in [9.17, 15) is 0 Å². The zero-order valence-electron chi connectivity index (χ0n) is 14.4. The molecule has 1 N–H and O–H groups in total. The van der Waals surface area contributed by atoms with E-state index < -0.39 is 0 Å². The van der Waals surface area contributed by atoms with Crippen LogP contribution in [-0.2, 0) is 0 Å². The van der Waals surface area contributed by atoms with Gasteiger partial charge in [0.05, 0.1) is 21.3 Å². The SMILES string of the molecule is COc1ccc(C(C)NC(C)c2ccccc2)c(OC)c1OC. The van der Waals surface area contributed by atoms with Gasteiger partial charge in [-0.1, -0.05) is 30.3 Å². The molecule has 0 heterocycles. The molecular formula is C19H25NO3. The second kappa shape index (κ2) is 7.88. The molecule has 0 aromatic heterocycles. The Kier molecular flexibility index (Phi) is 5.88. The molecule has 0 aliphatic carbocycles. The van der Waals surface area contributed by atoms with Crippen molar-refractivity contribution in [2.75, 3.05) is 21.3 Å². The van der Waals surface area contributed by atoms with Crippen LogP contribution in [0.1, 0.15) is 37.1 Å². The molecule has 0 saturated carbocycles. The first-order valence-corrected chi connectivity index (χ1v) is 7.72. The monoisotopic (exact) mass is 315 g/mol. The molecule has 2 aromatic carbocycles. The Labute approximate surface area is 138 Å². The lowest BCUT2D eigenvalue weighted by atomic mass is 10.0. The molecule has 0 radical (unpaired) electrons. The highest BCUT2D eigenvalue weighted by Gasteiger charge is 2.20. The van der Waals surface area contributed by atoms with Gasteiger partial charge in [-0.15, -0.1) is 0 Å². The molecule has 4 nitrogen and oxygen atoms in total. The van der Waals surface area contributed by atoms with E-state index in [0.717, 1.165) is 5.56 Å². The zero-order chi connectivity index (χ0) is 16.8. The maximum Gasteiger partial charge on any atom is 0.203 e. The van der Waals surface area contributed by atoms with Crippen molar-refractivity contribution in [3.63, 3.8) is 0 Å². The van der Waals surface area contributed by atoms with E-state index in [1.807, 2.05) is 18.2 Å². The van der Waals surface area contributed by atoms with Gasteiger partial charge in [-0.2, -0.15) is 0 Å². The summed E-state index contributed by atoms with van der Waals surface area (Å²) in [4.78, 5) is 0. The summed E-state index contributed by atoms with van der Waals surface area (Å²) in [7, 11) is 4.89. The van der Waals surface area contributed by atoms with Crippen LogP contribution in [0.2, 0.25) is 0 Å². The molecule has 0 spiro atoms. The Morgan fingerprint density at radius 3 is 1.96 bits per heavy atom. The molecular weight excluding hydrogens is 290 g/mol. The highest BCUT2D eigenvalue weighted by atomic mass is 16.5. The van der Waals surface area contributed by atoms with E-state index in [0.29, 0.717) is 17.2 Å². The summed E-state index contributed by atoms with van der Waals surface area (Å²) in [5.74, 6) is 1.98. The number of rotatable bonds is 7. The van der Waals surface area contributed by atoms with Crippen LogP contribution in [0.15, 0.2) is 42.5 Å². The van der Waals surface area contributed by atoms with E-state index in [1.54, 1.807) is 21.3 Å². The van der Waals surface area contributed by atoms with Gasteiger partial charge in [0.2, 0.25) is 5.75 Å². The lowest BCUT2D eigenvalue weighted by Gasteiger charge is -2.24. The van der Waals surface area contributed by atoms with Gasteiger partial charge >= 0.3 is 0 Å². The van der Waals surface area contributed by atoms with E-state index in [-0.39, 0.29) is 12.1 Å². The zero-order valence-corrected chi connectivity index (χ0v) is 14.4. The van der Waals surface area contributed by atoms with E-state index in [4.69, 9.17) is 14.2 Å². The van der Waals surface area contributed by atoms with Gasteiger partial charge in [0.25, 0.3) is 0 Å². The van der Waals surface area contributed by atoms with Crippen molar-refractivity contribution in [1.82, 2.24) is 5.32 Å².